The normalized spacial score (nSPS) is 11.0. The predicted octanol–water partition coefficient (Wildman–Crippen LogP) is 5.57. The zero-order chi connectivity index (χ0) is 26.8. The summed E-state index contributed by atoms with van der Waals surface area (Å²) in [6.45, 7) is 3.94. The summed E-state index contributed by atoms with van der Waals surface area (Å²) in [6.07, 6.45) is 0. The van der Waals surface area contributed by atoms with Gasteiger partial charge in [0.15, 0.2) is 5.69 Å². The Morgan fingerprint density at radius 2 is 1.76 bits per heavy atom. The fourth-order valence-corrected chi connectivity index (χ4v) is 5.11. The van der Waals surface area contributed by atoms with Gasteiger partial charge in [0, 0.05) is 10.8 Å². The third kappa shape index (κ3) is 4.50. The molecular weight excluding hydrogens is 509 g/mol. The number of rotatable bonds is 7. The molecule has 38 heavy (non-hydrogen) atoms. The quantitative estimate of drug-likeness (QED) is 0.276. The molecule has 10 heteroatoms. The average Bonchev–Trinajstić information content (AvgIpc) is 3.33. The molecule has 2 aromatic heterocycles. The molecule has 192 valence electrons. The molecule has 0 unspecified atom stereocenters. The van der Waals surface area contributed by atoms with E-state index < -0.39 is 23.3 Å². The van der Waals surface area contributed by atoms with Crippen LogP contribution in [0.5, 0.6) is 5.75 Å². The van der Waals surface area contributed by atoms with Crippen molar-refractivity contribution < 1.29 is 23.5 Å². The lowest BCUT2D eigenvalue weighted by atomic mass is 10.0. The molecule has 1 amide bonds. The summed E-state index contributed by atoms with van der Waals surface area (Å²) in [4.78, 5) is 40.0. The van der Waals surface area contributed by atoms with E-state index in [9.17, 15) is 18.8 Å². The van der Waals surface area contributed by atoms with Crippen LogP contribution in [-0.2, 0) is 4.74 Å². The smallest absolute Gasteiger partial charge is 0.359 e. The molecule has 0 radical (unpaired) electrons. The molecule has 0 aliphatic carbocycles. The minimum absolute atomic E-state index is 0.0870. The SMILES string of the molecule is CCOC(=O)c1nn(-c2ccc(F)cc2)c(=O)c2c(NC(=O)c3c(OCC)ccc4ccccc34)scc12. The number of anilines is 1. The van der Waals surface area contributed by atoms with Gasteiger partial charge in [-0.05, 0) is 55.0 Å². The first-order valence-electron chi connectivity index (χ1n) is 11.9. The Morgan fingerprint density at radius 3 is 2.50 bits per heavy atom. The van der Waals surface area contributed by atoms with Crippen LogP contribution < -0.4 is 15.6 Å². The Hall–Kier alpha value is -4.57. The monoisotopic (exact) mass is 531 g/mol. The number of esters is 1. The first-order valence-corrected chi connectivity index (χ1v) is 12.7. The number of carbonyl (C=O) groups is 2. The second kappa shape index (κ2) is 10.4. The van der Waals surface area contributed by atoms with Crippen molar-refractivity contribution >= 4 is 49.8 Å². The molecule has 8 nitrogen and oxygen atoms in total. The van der Waals surface area contributed by atoms with Crippen LogP contribution in [0, 0.1) is 5.82 Å². The lowest BCUT2D eigenvalue weighted by Crippen LogP contribution is -2.25. The zero-order valence-corrected chi connectivity index (χ0v) is 21.3. The number of carbonyl (C=O) groups excluding carboxylic acids is 2. The molecule has 0 saturated carbocycles. The maximum Gasteiger partial charge on any atom is 0.359 e. The van der Waals surface area contributed by atoms with Gasteiger partial charge < -0.3 is 14.8 Å². The topological polar surface area (TPSA) is 99.5 Å². The molecule has 0 bridgehead atoms. The van der Waals surface area contributed by atoms with E-state index in [0.29, 0.717) is 23.3 Å². The van der Waals surface area contributed by atoms with Gasteiger partial charge in [0.05, 0.1) is 29.9 Å². The highest BCUT2D eigenvalue weighted by Gasteiger charge is 2.25. The van der Waals surface area contributed by atoms with Gasteiger partial charge in [0.25, 0.3) is 11.5 Å². The van der Waals surface area contributed by atoms with Crippen molar-refractivity contribution in [3.63, 3.8) is 0 Å². The highest BCUT2D eigenvalue weighted by Crippen LogP contribution is 2.34. The van der Waals surface area contributed by atoms with Gasteiger partial charge >= 0.3 is 5.97 Å². The minimum Gasteiger partial charge on any atom is -0.493 e. The third-order valence-corrected chi connectivity index (χ3v) is 6.73. The molecule has 0 saturated heterocycles. The highest BCUT2D eigenvalue weighted by atomic mass is 32.1. The Morgan fingerprint density at radius 1 is 1.00 bits per heavy atom. The van der Waals surface area contributed by atoms with Gasteiger partial charge in [-0.1, -0.05) is 30.3 Å². The summed E-state index contributed by atoms with van der Waals surface area (Å²) in [5, 5.41) is 10.8. The van der Waals surface area contributed by atoms with E-state index in [-0.39, 0.29) is 33.8 Å². The van der Waals surface area contributed by atoms with Crippen LogP contribution in [0.1, 0.15) is 34.7 Å². The van der Waals surface area contributed by atoms with Gasteiger partial charge in [-0.15, -0.1) is 11.3 Å². The number of nitrogens with zero attached hydrogens (tertiary/aromatic N) is 2. The number of thiophene rings is 1. The Labute approximate surface area is 220 Å². The number of nitrogens with one attached hydrogen (secondary N) is 1. The summed E-state index contributed by atoms with van der Waals surface area (Å²) in [5.74, 6) is -1.28. The molecule has 3 aromatic carbocycles. The van der Waals surface area contributed by atoms with Crippen LogP contribution in [0.4, 0.5) is 9.39 Å². The maximum atomic E-state index is 13.6. The van der Waals surface area contributed by atoms with Crippen LogP contribution in [-0.4, -0.2) is 34.9 Å². The summed E-state index contributed by atoms with van der Waals surface area (Å²) in [7, 11) is 0. The van der Waals surface area contributed by atoms with Crippen molar-refractivity contribution in [2.24, 2.45) is 0 Å². The van der Waals surface area contributed by atoms with Crippen molar-refractivity contribution in [3.05, 3.63) is 93.5 Å². The number of ether oxygens (including phenoxy) is 2. The summed E-state index contributed by atoms with van der Waals surface area (Å²) < 4.78 is 25.4. The standard InChI is InChI=1S/C28H22FN3O5S/c1-3-36-21-14-9-16-7-5-6-8-19(16)22(21)25(33)30-26-23-20(15-38-26)24(28(35)37-4-2)31-32(27(23)34)18-12-10-17(29)11-13-18/h5-15H,3-4H2,1-2H3,(H,30,33). The third-order valence-electron chi connectivity index (χ3n) is 5.84. The number of aromatic nitrogens is 2. The van der Waals surface area contributed by atoms with Crippen LogP contribution in [0.2, 0.25) is 0 Å². The number of hydrogen-bond acceptors (Lipinski definition) is 7. The van der Waals surface area contributed by atoms with Gasteiger partial charge in [0.2, 0.25) is 0 Å². The molecule has 1 N–H and O–H groups in total. The Bertz CT molecular complexity index is 1740. The van der Waals surface area contributed by atoms with Crippen molar-refractivity contribution in [2.75, 3.05) is 18.5 Å². The van der Waals surface area contributed by atoms with E-state index in [0.717, 1.165) is 21.4 Å². The van der Waals surface area contributed by atoms with Crippen LogP contribution in [0.15, 0.2) is 70.8 Å². The number of benzene rings is 3. The molecule has 0 fully saturated rings. The van der Waals surface area contributed by atoms with Crippen LogP contribution >= 0.6 is 11.3 Å². The summed E-state index contributed by atoms with van der Waals surface area (Å²) >= 11 is 1.09. The lowest BCUT2D eigenvalue weighted by Gasteiger charge is -2.13. The van der Waals surface area contributed by atoms with Gasteiger partial charge in [0.1, 0.15) is 16.6 Å². The summed E-state index contributed by atoms with van der Waals surface area (Å²) in [5.41, 5.74) is -0.105. The maximum absolute atomic E-state index is 13.6. The van der Waals surface area contributed by atoms with E-state index >= 15 is 0 Å². The second-order valence-corrected chi connectivity index (χ2v) is 9.04. The molecule has 0 spiro atoms. The average molecular weight is 532 g/mol. The number of halogens is 1. The predicted molar refractivity (Wildman–Crippen MR) is 144 cm³/mol. The fourth-order valence-electron chi connectivity index (χ4n) is 4.18. The van der Waals surface area contributed by atoms with Gasteiger partial charge in [-0.3, -0.25) is 9.59 Å². The lowest BCUT2D eigenvalue weighted by molar-refractivity contribution is 0.0520. The van der Waals surface area contributed by atoms with Crippen molar-refractivity contribution in [1.82, 2.24) is 9.78 Å². The minimum atomic E-state index is -0.725. The molecule has 5 aromatic rings. The van der Waals surface area contributed by atoms with Crippen LogP contribution in [0.25, 0.3) is 27.2 Å². The van der Waals surface area contributed by atoms with E-state index in [1.54, 1.807) is 18.4 Å². The van der Waals surface area contributed by atoms with E-state index in [1.165, 1.54) is 24.3 Å². The van der Waals surface area contributed by atoms with Crippen molar-refractivity contribution in [2.45, 2.75) is 13.8 Å². The molecular formula is C28H22FN3O5S. The first-order chi connectivity index (χ1) is 18.4. The van der Waals surface area contributed by atoms with E-state index in [1.807, 2.05) is 37.3 Å². The largest absolute Gasteiger partial charge is 0.493 e. The van der Waals surface area contributed by atoms with Crippen molar-refractivity contribution in [1.29, 1.82) is 0 Å². The number of hydrogen-bond donors (Lipinski definition) is 1. The van der Waals surface area contributed by atoms with E-state index in [2.05, 4.69) is 10.4 Å². The molecule has 0 aliphatic rings. The first kappa shape index (κ1) is 25.1. The van der Waals surface area contributed by atoms with E-state index in [4.69, 9.17) is 9.47 Å². The highest BCUT2D eigenvalue weighted by molar-refractivity contribution is 7.16. The number of amides is 1. The second-order valence-electron chi connectivity index (χ2n) is 8.16. The van der Waals surface area contributed by atoms with Gasteiger partial charge in [-0.2, -0.15) is 9.78 Å². The Balaban J connectivity index is 1.68. The molecule has 0 atom stereocenters. The number of fused-ring (bicyclic) bond motifs is 2. The zero-order valence-electron chi connectivity index (χ0n) is 20.5. The van der Waals surface area contributed by atoms with Crippen molar-refractivity contribution in [3.8, 4) is 11.4 Å². The fraction of sp³-hybridized carbons (Fsp3) is 0.143. The molecule has 2 heterocycles. The Kier molecular flexibility index (Phi) is 6.89. The van der Waals surface area contributed by atoms with Crippen LogP contribution in [0.3, 0.4) is 0 Å². The summed E-state index contributed by atoms with van der Waals surface area (Å²) in [6, 6.07) is 16.1. The molecule has 0 aliphatic heterocycles. The van der Waals surface area contributed by atoms with Gasteiger partial charge in [-0.25, -0.2) is 9.18 Å². The molecule has 5 rings (SSSR count).